The number of carbonyl (C=O) groups is 2. The minimum absolute atomic E-state index is 0.0782. The highest BCUT2D eigenvalue weighted by Gasteiger charge is 2.28. The lowest BCUT2D eigenvalue weighted by molar-refractivity contribution is -0.139. The predicted octanol–water partition coefficient (Wildman–Crippen LogP) is 5.15. The maximum Gasteiger partial charge on any atom is 0.242 e. The SMILES string of the molecule is Cc1cc(C)cc(CSCC(=O)N(Cc2ccccc2F)[C@@H](C)C(=O)NC2CCCC2)c1. The number of carbonyl (C=O) groups excluding carboxylic acids is 2. The van der Waals surface area contributed by atoms with Crippen LogP contribution in [0.5, 0.6) is 0 Å². The second kappa shape index (κ2) is 11.5. The summed E-state index contributed by atoms with van der Waals surface area (Å²) in [6.45, 7) is 5.94. The number of hydrogen-bond acceptors (Lipinski definition) is 3. The fraction of sp³-hybridized carbons (Fsp3) is 0.462. The average molecular weight is 457 g/mol. The van der Waals surface area contributed by atoms with Gasteiger partial charge >= 0.3 is 0 Å². The van der Waals surface area contributed by atoms with Gasteiger partial charge in [0.1, 0.15) is 11.9 Å². The van der Waals surface area contributed by atoms with Gasteiger partial charge in [0.15, 0.2) is 0 Å². The van der Waals surface area contributed by atoms with Crippen molar-refractivity contribution in [2.24, 2.45) is 0 Å². The highest BCUT2D eigenvalue weighted by Crippen LogP contribution is 2.21. The van der Waals surface area contributed by atoms with Crippen LogP contribution in [0.25, 0.3) is 0 Å². The fourth-order valence-electron chi connectivity index (χ4n) is 4.28. The molecule has 3 rings (SSSR count). The van der Waals surface area contributed by atoms with Gasteiger partial charge in [0, 0.05) is 23.9 Å². The average Bonchev–Trinajstić information content (AvgIpc) is 3.25. The molecule has 1 saturated carbocycles. The van der Waals surface area contributed by atoms with Crippen molar-refractivity contribution in [2.75, 3.05) is 5.75 Å². The van der Waals surface area contributed by atoms with Gasteiger partial charge in [-0.15, -0.1) is 11.8 Å². The van der Waals surface area contributed by atoms with Crippen molar-refractivity contribution in [2.45, 2.75) is 70.8 Å². The molecule has 4 nitrogen and oxygen atoms in total. The van der Waals surface area contributed by atoms with Gasteiger partial charge in [0.05, 0.1) is 5.75 Å². The van der Waals surface area contributed by atoms with Crippen molar-refractivity contribution >= 4 is 23.6 Å². The molecule has 1 N–H and O–H groups in total. The lowest BCUT2D eigenvalue weighted by Gasteiger charge is -2.30. The third-order valence-electron chi connectivity index (χ3n) is 5.94. The summed E-state index contributed by atoms with van der Waals surface area (Å²) in [4.78, 5) is 27.6. The Morgan fingerprint density at radius 3 is 2.44 bits per heavy atom. The van der Waals surface area contributed by atoms with E-state index in [1.165, 1.54) is 39.4 Å². The molecule has 172 valence electrons. The van der Waals surface area contributed by atoms with Crippen molar-refractivity contribution in [3.63, 3.8) is 0 Å². The van der Waals surface area contributed by atoms with Crippen LogP contribution >= 0.6 is 11.8 Å². The number of nitrogens with zero attached hydrogens (tertiary/aromatic N) is 1. The molecule has 2 amide bonds. The molecule has 1 fully saturated rings. The van der Waals surface area contributed by atoms with Crippen LogP contribution in [-0.4, -0.2) is 34.6 Å². The Kier molecular flexibility index (Phi) is 8.74. The molecule has 1 atom stereocenters. The number of nitrogens with one attached hydrogen (secondary N) is 1. The van der Waals surface area contributed by atoms with E-state index in [0.29, 0.717) is 11.3 Å². The summed E-state index contributed by atoms with van der Waals surface area (Å²) in [6, 6.07) is 12.3. The van der Waals surface area contributed by atoms with E-state index in [9.17, 15) is 14.0 Å². The van der Waals surface area contributed by atoms with Gasteiger partial charge in [-0.2, -0.15) is 0 Å². The predicted molar refractivity (Wildman–Crippen MR) is 129 cm³/mol. The number of thioether (sulfide) groups is 1. The third-order valence-corrected chi connectivity index (χ3v) is 6.93. The van der Waals surface area contributed by atoms with Crippen LogP contribution in [0.2, 0.25) is 0 Å². The van der Waals surface area contributed by atoms with Crippen molar-refractivity contribution < 1.29 is 14.0 Å². The van der Waals surface area contributed by atoms with Crippen LogP contribution in [0.1, 0.15) is 54.9 Å². The molecule has 2 aromatic carbocycles. The van der Waals surface area contributed by atoms with Gasteiger partial charge in [0.2, 0.25) is 11.8 Å². The van der Waals surface area contributed by atoms with Crippen molar-refractivity contribution in [1.82, 2.24) is 10.2 Å². The molecule has 0 unspecified atom stereocenters. The number of benzene rings is 2. The molecule has 0 bridgehead atoms. The second-order valence-corrected chi connectivity index (χ2v) is 9.75. The molecule has 2 aromatic rings. The van der Waals surface area contributed by atoms with Gasteiger partial charge in [-0.05, 0) is 45.2 Å². The Morgan fingerprint density at radius 1 is 1.12 bits per heavy atom. The van der Waals surface area contributed by atoms with Gasteiger partial charge in [-0.1, -0.05) is 60.4 Å². The van der Waals surface area contributed by atoms with E-state index in [0.717, 1.165) is 25.7 Å². The Morgan fingerprint density at radius 2 is 1.78 bits per heavy atom. The number of amides is 2. The first-order chi connectivity index (χ1) is 15.3. The van der Waals surface area contributed by atoms with E-state index in [4.69, 9.17) is 0 Å². The Labute approximate surface area is 195 Å². The number of rotatable bonds is 9. The first kappa shape index (κ1) is 24.3. The smallest absolute Gasteiger partial charge is 0.242 e. The van der Waals surface area contributed by atoms with Crippen LogP contribution < -0.4 is 5.32 Å². The molecule has 0 heterocycles. The van der Waals surface area contributed by atoms with E-state index in [1.807, 2.05) is 0 Å². The van der Waals surface area contributed by atoms with E-state index in [1.54, 1.807) is 25.1 Å². The van der Waals surface area contributed by atoms with Gasteiger partial charge in [-0.25, -0.2) is 4.39 Å². The Balaban J connectivity index is 1.67. The third kappa shape index (κ3) is 6.83. The lowest BCUT2D eigenvalue weighted by Crippen LogP contribution is -2.50. The highest BCUT2D eigenvalue weighted by atomic mass is 32.2. The molecule has 0 radical (unpaired) electrons. The molecule has 0 saturated heterocycles. The summed E-state index contributed by atoms with van der Waals surface area (Å²) >= 11 is 1.52. The summed E-state index contributed by atoms with van der Waals surface area (Å²) in [5.74, 6) is 0.265. The summed E-state index contributed by atoms with van der Waals surface area (Å²) in [5.41, 5.74) is 3.99. The zero-order valence-electron chi connectivity index (χ0n) is 19.2. The van der Waals surface area contributed by atoms with Crippen LogP contribution in [0, 0.1) is 19.7 Å². The maximum atomic E-state index is 14.3. The van der Waals surface area contributed by atoms with E-state index in [2.05, 4.69) is 37.4 Å². The lowest BCUT2D eigenvalue weighted by atomic mass is 10.1. The van der Waals surface area contributed by atoms with Crippen molar-refractivity contribution in [3.8, 4) is 0 Å². The molecular weight excluding hydrogens is 423 g/mol. The zero-order chi connectivity index (χ0) is 23.1. The zero-order valence-corrected chi connectivity index (χ0v) is 20.0. The minimum atomic E-state index is -0.662. The van der Waals surface area contributed by atoms with Crippen LogP contribution in [0.15, 0.2) is 42.5 Å². The van der Waals surface area contributed by atoms with E-state index < -0.39 is 6.04 Å². The first-order valence-electron chi connectivity index (χ1n) is 11.3. The second-order valence-electron chi connectivity index (χ2n) is 8.77. The number of aryl methyl sites for hydroxylation is 2. The number of halogens is 1. The summed E-state index contributed by atoms with van der Waals surface area (Å²) < 4.78 is 14.3. The normalized spacial score (nSPS) is 14.9. The molecule has 1 aliphatic rings. The fourth-order valence-corrected chi connectivity index (χ4v) is 5.12. The minimum Gasteiger partial charge on any atom is -0.352 e. The molecule has 1 aliphatic carbocycles. The number of hydrogen-bond donors (Lipinski definition) is 1. The van der Waals surface area contributed by atoms with Crippen LogP contribution in [0.3, 0.4) is 0 Å². The summed E-state index contributed by atoms with van der Waals surface area (Å²) in [7, 11) is 0. The Hall–Kier alpha value is -2.34. The topological polar surface area (TPSA) is 49.4 Å². The van der Waals surface area contributed by atoms with E-state index >= 15 is 0 Å². The Bertz CT molecular complexity index is 923. The van der Waals surface area contributed by atoms with Crippen LogP contribution in [0.4, 0.5) is 4.39 Å². The van der Waals surface area contributed by atoms with E-state index in [-0.39, 0.29) is 36.0 Å². The molecule has 6 heteroatoms. The molecule has 0 aliphatic heterocycles. The molecule has 0 aromatic heterocycles. The van der Waals surface area contributed by atoms with Crippen molar-refractivity contribution in [3.05, 3.63) is 70.5 Å². The van der Waals surface area contributed by atoms with Crippen LogP contribution in [-0.2, 0) is 21.9 Å². The van der Waals surface area contributed by atoms with Gasteiger partial charge in [0.25, 0.3) is 0 Å². The first-order valence-corrected chi connectivity index (χ1v) is 12.5. The largest absolute Gasteiger partial charge is 0.352 e. The molecular formula is C26H33FN2O2S. The molecule has 0 spiro atoms. The standard InChI is InChI=1S/C26H33FN2O2S/c1-18-12-19(2)14-21(13-18)16-32-17-25(30)29(15-22-8-4-7-11-24(22)27)20(3)26(31)28-23-9-5-6-10-23/h4,7-8,11-14,20,23H,5-6,9-10,15-17H2,1-3H3,(H,28,31)/t20-/m0/s1. The quantitative estimate of drug-likeness (QED) is 0.568. The summed E-state index contributed by atoms with van der Waals surface area (Å²) in [6.07, 6.45) is 4.19. The van der Waals surface area contributed by atoms with Gasteiger partial charge in [-0.3, -0.25) is 9.59 Å². The monoisotopic (exact) mass is 456 g/mol. The van der Waals surface area contributed by atoms with Gasteiger partial charge < -0.3 is 10.2 Å². The van der Waals surface area contributed by atoms with Crippen molar-refractivity contribution in [1.29, 1.82) is 0 Å². The summed E-state index contributed by atoms with van der Waals surface area (Å²) in [5, 5.41) is 3.08. The molecule has 32 heavy (non-hydrogen) atoms. The highest BCUT2D eigenvalue weighted by molar-refractivity contribution is 7.99. The maximum absolute atomic E-state index is 14.3.